The lowest BCUT2D eigenvalue weighted by atomic mass is 9.33. The molecule has 2 aromatic heterocycles. The molecule has 6 heteroatoms. The molecule has 0 bridgehead atoms. The zero-order valence-corrected chi connectivity index (χ0v) is 49.4. The molecule has 0 saturated carbocycles. The van der Waals surface area contributed by atoms with Gasteiger partial charge in [-0.15, -0.1) is 0 Å². The van der Waals surface area contributed by atoms with Gasteiger partial charge in [-0.25, -0.2) is 0 Å². The largest absolute Gasteiger partial charge is 0.311 e. The number of nitrogens with zero attached hydrogens (tertiary/aromatic N) is 5. The molecule has 0 fully saturated rings. The molecule has 11 aromatic carbocycles. The molecule has 2 aliphatic rings. The monoisotopic (exact) mass is 1100 g/mol. The Morgan fingerprint density at radius 1 is 0.365 bits per heavy atom. The van der Waals surface area contributed by atoms with Gasteiger partial charge in [0.1, 0.15) is 11.6 Å². The van der Waals surface area contributed by atoms with Crippen molar-refractivity contribution < 1.29 is 6.85 Å². The summed E-state index contributed by atoms with van der Waals surface area (Å²) in [6.07, 6.45) is 0. The first kappa shape index (κ1) is 46.6. The highest BCUT2D eigenvalue weighted by molar-refractivity contribution is 7.00. The van der Waals surface area contributed by atoms with Crippen LogP contribution in [0.2, 0.25) is 0 Å². The Morgan fingerprint density at radius 2 is 0.871 bits per heavy atom. The maximum absolute atomic E-state index is 12.0. The SMILES string of the molecule is [2H]c1c([2H])c([2H])c(-c2ccc3c(c2)N(c2cccc(-n4c5ccccc5c5ccccc54)c2C#N)c2cc(C(C)(C)C)cc4c2B3c2ccc(-n3c5ccc(C(C)(C)C)cc5c5cc(C(C)(C)C)ccc53)cc2N4c2ccc(-c3ccccc3)cc2)c([2H])c1[2H]. The van der Waals surface area contributed by atoms with E-state index < -0.39 is 23.5 Å². The van der Waals surface area contributed by atoms with Gasteiger partial charge in [0.2, 0.25) is 0 Å². The van der Waals surface area contributed by atoms with Crippen molar-refractivity contribution >= 4 is 101 Å². The normalized spacial score (nSPS) is 14.0. The van der Waals surface area contributed by atoms with Gasteiger partial charge in [0.15, 0.2) is 0 Å². The fraction of sp³-hybridized carbons (Fsp3) is 0.152. The van der Waals surface area contributed by atoms with Gasteiger partial charge >= 0.3 is 0 Å². The van der Waals surface area contributed by atoms with Gasteiger partial charge in [-0.05, 0) is 163 Å². The second-order valence-electron chi connectivity index (χ2n) is 26.2. The van der Waals surface area contributed by atoms with Crippen LogP contribution in [-0.4, -0.2) is 15.8 Å². The van der Waals surface area contributed by atoms with Crippen molar-refractivity contribution in [2.75, 3.05) is 9.80 Å². The van der Waals surface area contributed by atoms with Crippen LogP contribution in [0.1, 0.15) is 91.4 Å². The lowest BCUT2D eigenvalue weighted by Gasteiger charge is -2.45. The molecule has 0 amide bonds. The van der Waals surface area contributed by atoms with E-state index in [0.717, 1.165) is 100 Å². The van der Waals surface area contributed by atoms with Crippen molar-refractivity contribution in [3.05, 3.63) is 259 Å². The van der Waals surface area contributed by atoms with Crippen LogP contribution >= 0.6 is 0 Å². The van der Waals surface area contributed by atoms with Gasteiger partial charge in [-0.3, -0.25) is 0 Å². The Bertz CT molecular complexity index is 5070. The smallest absolute Gasteiger partial charge is 0.252 e. The van der Waals surface area contributed by atoms with E-state index in [1.54, 1.807) is 0 Å². The number of benzene rings is 11. The molecule has 410 valence electrons. The molecule has 0 unspecified atom stereocenters. The Morgan fingerprint density at radius 3 is 1.47 bits per heavy atom. The van der Waals surface area contributed by atoms with Crippen LogP contribution in [0.3, 0.4) is 0 Å². The third-order valence-electron chi connectivity index (χ3n) is 17.9. The number of nitriles is 1. The fourth-order valence-electron chi connectivity index (χ4n) is 13.5. The third kappa shape index (κ3) is 8.27. The average molecular weight is 1100 g/mol. The van der Waals surface area contributed by atoms with Crippen LogP contribution in [0, 0.1) is 11.3 Å². The first-order chi connectivity index (χ1) is 43.1. The van der Waals surface area contributed by atoms with Gasteiger partial charge in [0.05, 0.1) is 40.3 Å². The van der Waals surface area contributed by atoms with Crippen LogP contribution in [-0.2, 0) is 16.2 Å². The topological polar surface area (TPSA) is 40.1 Å². The van der Waals surface area contributed by atoms with Crippen molar-refractivity contribution in [3.63, 3.8) is 0 Å². The Hall–Kier alpha value is -9.83. The lowest BCUT2D eigenvalue weighted by Crippen LogP contribution is -2.61. The maximum Gasteiger partial charge on any atom is 0.252 e. The summed E-state index contributed by atoms with van der Waals surface area (Å²) in [5.74, 6) is 0. The molecular weight excluding hydrogens is 1030 g/mol. The zero-order chi connectivity index (χ0) is 62.6. The van der Waals surface area contributed by atoms with Crippen molar-refractivity contribution in [1.29, 1.82) is 5.26 Å². The van der Waals surface area contributed by atoms with Crippen molar-refractivity contribution in [2.45, 2.75) is 78.6 Å². The quantitative estimate of drug-likeness (QED) is 0.156. The molecule has 0 spiro atoms. The van der Waals surface area contributed by atoms with Crippen molar-refractivity contribution in [1.82, 2.24) is 9.13 Å². The summed E-state index contributed by atoms with van der Waals surface area (Å²) < 4.78 is 49.6. The van der Waals surface area contributed by atoms with E-state index in [2.05, 4.69) is 245 Å². The second kappa shape index (κ2) is 19.1. The van der Waals surface area contributed by atoms with Crippen LogP contribution in [0.4, 0.5) is 34.1 Å². The number of hydrogen-bond donors (Lipinski definition) is 0. The highest BCUT2D eigenvalue weighted by Gasteiger charge is 2.45. The zero-order valence-electron chi connectivity index (χ0n) is 54.4. The molecule has 0 atom stereocenters. The average Bonchev–Trinajstić information content (AvgIpc) is 0.820. The third-order valence-corrected chi connectivity index (χ3v) is 17.9. The van der Waals surface area contributed by atoms with Gasteiger partial charge in [-0.2, -0.15) is 5.26 Å². The van der Waals surface area contributed by atoms with Crippen molar-refractivity contribution in [2.24, 2.45) is 0 Å². The Balaban J connectivity index is 1.05. The summed E-state index contributed by atoms with van der Waals surface area (Å²) in [5.41, 5.74) is 20.5. The number of fused-ring (bicyclic) bond motifs is 10. The summed E-state index contributed by atoms with van der Waals surface area (Å²) in [5, 5.41) is 16.5. The molecule has 85 heavy (non-hydrogen) atoms. The van der Waals surface area contributed by atoms with Gasteiger partial charge in [0, 0.05) is 55.7 Å². The summed E-state index contributed by atoms with van der Waals surface area (Å²) in [7, 11) is 0. The minimum absolute atomic E-state index is 0.0720. The van der Waals surface area contributed by atoms with Crippen molar-refractivity contribution in [3.8, 4) is 39.7 Å². The molecule has 2 aliphatic heterocycles. The van der Waals surface area contributed by atoms with E-state index in [1.165, 1.54) is 21.9 Å². The predicted octanol–water partition coefficient (Wildman–Crippen LogP) is 19.1. The fourth-order valence-corrected chi connectivity index (χ4v) is 13.5. The highest BCUT2D eigenvalue weighted by Crippen LogP contribution is 2.50. The van der Waals surface area contributed by atoms with E-state index in [0.29, 0.717) is 22.5 Å². The van der Waals surface area contributed by atoms with Gasteiger partial charge in [-0.1, -0.05) is 208 Å². The van der Waals surface area contributed by atoms with E-state index in [9.17, 15) is 8.00 Å². The van der Waals surface area contributed by atoms with Crippen LogP contribution in [0.5, 0.6) is 0 Å². The number of para-hydroxylation sites is 2. The molecule has 0 saturated heterocycles. The number of rotatable bonds is 6. The first-order valence-electron chi connectivity index (χ1n) is 32.0. The van der Waals surface area contributed by atoms with E-state index in [4.69, 9.17) is 4.11 Å². The minimum Gasteiger partial charge on any atom is -0.311 e. The predicted molar refractivity (Wildman–Crippen MR) is 361 cm³/mol. The van der Waals surface area contributed by atoms with E-state index in [1.807, 2.05) is 48.5 Å². The van der Waals surface area contributed by atoms with Gasteiger partial charge < -0.3 is 18.9 Å². The first-order valence-corrected chi connectivity index (χ1v) is 29.5. The number of hydrogen-bond acceptors (Lipinski definition) is 3. The molecule has 4 heterocycles. The summed E-state index contributed by atoms with van der Waals surface area (Å²) >= 11 is 0. The number of aromatic nitrogens is 2. The standard InChI is InChI=1S/C79H66BN5/c1-77(2,3)54-34-41-70-61(44-54)62-45-55(78(4,5)6)35-42-71(62)83(70)58-38-40-65-73(48-58)82(57-36-31-52(32-37-57)50-21-12-10-13-22-50)74-46-56(79(7,8)9)47-75-76(74)80(65)64-39-33-53(51-23-14-11-15-24-51)43-72(64)85(75)69-30-20-29-68(63(69)49-81)84-66-27-18-16-25-59(66)60-26-17-19-28-67(60)84/h10-48H,1-9H3/i11D,14D,15D,23D,24D. The molecular formula is C79H66BN5. The highest BCUT2D eigenvalue weighted by atomic mass is 15.2. The van der Waals surface area contributed by atoms with E-state index >= 15 is 0 Å². The lowest BCUT2D eigenvalue weighted by molar-refractivity contribution is 0.590. The number of anilines is 6. The Labute approximate surface area is 506 Å². The molecule has 0 radical (unpaired) electrons. The summed E-state index contributed by atoms with van der Waals surface area (Å²) in [4.78, 5) is 4.67. The summed E-state index contributed by atoms with van der Waals surface area (Å²) in [6, 6.07) is 74.6. The molecule has 5 nitrogen and oxygen atoms in total. The van der Waals surface area contributed by atoms with E-state index in [-0.39, 0.29) is 35.2 Å². The van der Waals surface area contributed by atoms with Crippen LogP contribution < -0.4 is 26.2 Å². The van der Waals surface area contributed by atoms with Crippen LogP contribution in [0.15, 0.2) is 236 Å². The van der Waals surface area contributed by atoms with Gasteiger partial charge in [0.25, 0.3) is 6.71 Å². The molecule has 15 rings (SSSR count). The molecule has 0 aliphatic carbocycles. The molecule has 0 N–H and O–H groups in total. The van der Waals surface area contributed by atoms with Crippen LogP contribution in [0.25, 0.3) is 77.2 Å². The summed E-state index contributed by atoms with van der Waals surface area (Å²) in [6.45, 7) is 20.0. The molecule has 13 aromatic rings. The second-order valence-corrected chi connectivity index (χ2v) is 26.2. The minimum atomic E-state index is -0.451. The Kier molecular flexibility index (Phi) is 10.5. The maximum atomic E-state index is 12.0.